The monoisotopic (exact) mass is 423 g/mol. The van der Waals surface area contributed by atoms with Crippen molar-refractivity contribution in [3.63, 3.8) is 0 Å². The first kappa shape index (κ1) is 19.1. The summed E-state index contributed by atoms with van der Waals surface area (Å²) in [5.74, 6) is -0.293. The summed E-state index contributed by atoms with van der Waals surface area (Å²) in [6.45, 7) is 0. The zero-order valence-electron chi connectivity index (χ0n) is 16.5. The smallest absolute Gasteiger partial charge is 0.276 e. The van der Waals surface area contributed by atoms with E-state index in [0.717, 1.165) is 27.7 Å². The maximum absolute atomic E-state index is 12.9. The van der Waals surface area contributed by atoms with Gasteiger partial charge in [-0.2, -0.15) is 5.10 Å². The van der Waals surface area contributed by atoms with Crippen molar-refractivity contribution in [2.24, 2.45) is 0 Å². The van der Waals surface area contributed by atoms with E-state index in [2.05, 4.69) is 40.7 Å². The molecule has 150 valence electrons. The lowest BCUT2D eigenvalue weighted by molar-refractivity contribution is 0.102. The van der Waals surface area contributed by atoms with Gasteiger partial charge in [0.05, 0.1) is 11.4 Å². The Kier molecular flexibility index (Phi) is 4.98. The first-order valence-electron chi connectivity index (χ1n) is 9.89. The second-order valence-corrected chi connectivity index (χ2v) is 7.63. The lowest BCUT2D eigenvalue weighted by Gasteiger charge is -2.08. The molecule has 1 amide bonds. The Labute approximate surface area is 184 Å². The molecule has 0 aliphatic rings. The van der Waals surface area contributed by atoms with Gasteiger partial charge in [-0.25, -0.2) is 4.68 Å². The zero-order valence-corrected chi connectivity index (χ0v) is 17.3. The number of aromatic nitrogens is 2. The van der Waals surface area contributed by atoms with Crippen LogP contribution < -0.4 is 5.32 Å². The summed E-state index contributed by atoms with van der Waals surface area (Å²) in [4.78, 5) is 12.9. The molecule has 0 radical (unpaired) electrons. The van der Waals surface area contributed by atoms with Gasteiger partial charge in [0, 0.05) is 16.3 Å². The van der Waals surface area contributed by atoms with Gasteiger partial charge in [-0.3, -0.25) is 4.79 Å². The minimum Gasteiger partial charge on any atom is -0.321 e. The fourth-order valence-electron chi connectivity index (χ4n) is 3.57. The van der Waals surface area contributed by atoms with Crippen LogP contribution in [0.5, 0.6) is 0 Å². The van der Waals surface area contributed by atoms with Gasteiger partial charge in [0.2, 0.25) is 0 Å². The highest BCUT2D eigenvalue weighted by Gasteiger charge is 2.17. The largest absolute Gasteiger partial charge is 0.321 e. The third-order valence-electron chi connectivity index (χ3n) is 5.07. The summed E-state index contributed by atoms with van der Waals surface area (Å²) in [6.07, 6.45) is 0. The van der Waals surface area contributed by atoms with Crippen molar-refractivity contribution in [3.8, 4) is 16.9 Å². The standard InChI is InChI=1S/C26H18ClN3O/c27-21-9-6-10-22(16-21)28-26(31)24-17-25(30(29-24)23-11-2-1-3-12-23)20-14-13-18-7-4-5-8-19(18)15-20/h1-17H,(H,28,31). The number of amides is 1. The summed E-state index contributed by atoms with van der Waals surface area (Å²) in [5.41, 5.74) is 3.66. The summed E-state index contributed by atoms with van der Waals surface area (Å²) >= 11 is 6.04. The van der Waals surface area contributed by atoms with E-state index in [1.54, 1.807) is 28.9 Å². The molecule has 1 heterocycles. The fourth-order valence-corrected chi connectivity index (χ4v) is 3.76. The number of carbonyl (C=O) groups is 1. The van der Waals surface area contributed by atoms with E-state index in [1.165, 1.54) is 0 Å². The summed E-state index contributed by atoms with van der Waals surface area (Å²) < 4.78 is 1.80. The van der Waals surface area contributed by atoms with Crippen molar-refractivity contribution in [2.45, 2.75) is 0 Å². The van der Waals surface area contributed by atoms with Gasteiger partial charge in [0.1, 0.15) is 0 Å². The van der Waals surface area contributed by atoms with Crippen LogP contribution in [-0.4, -0.2) is 15.7 Å². The Bertz CT molecular complexity index is 1390. The van der Waals surface area contributed by atoms with Crippen LogP contribution >= 0.6 is 11.6 Å². The van der Waals surface area contributed by atoms with Crippen molar-refractivity contribution in [2.75, 3.05) is 5.32 Å². The molecule has 0 atom stereocenters. The highest BCUT2D eigenvalue weighted by molar-refractivity contribution is 6.31. The minimum absolute atomic E-state index is 0.293. The molecule has 0 fully saturated rings. The number of fused-ring (bicyclic) bond motifs is 1. The normalized spacial score (nSPS) is 10.9. The molecule has 0 bridgehead atoms. The number of halogens is 1. The molecule has 5 heteroatoms. The van der Waals surface area contributed by atoms with E-state index in [1.807, 2.05) is 48.5 Å². The van der Waals surface area contributed by atoms with Crippen LogP contribution in [0.25, 0.3) is 27.7 Å². The van der Waals surface area contributed by atoms with Gasteiger partial charge < -0.3 is 5.32 Å². The number of hydrogen-bond donors (Lipinski definition) is 1. The molecule has 0 saturated carbocycles. The second kappa shape index (κ2) is 8.09. The Balaban J connectivity index is 1.59. The summed E-state index contributed by atoms with van der Waals surface area (Å²) in [7, 11) is 0. The van der Waals surface area contributed by atoms with Crippen LogP contribution in [0, 0.1) is 0 Å². The predicted molar refractivity (Wildman–Crippen MR) is 126 cm³/mol. The predicted octanol–water partition coefficient (Wildman–Crippen LogP) is 6.60. The van der Waals surface area contributed by atoms with Gasteiger partial charge in [0.15, 0.2) is 5.69 Å². The molecule has 31 heavy (non-hydrogen) atoms. The number of para-hydroxylation sites is 1. The molecule has 1 N–H and O–H groups in total. The highest BCUT2D eigenvalue weighted by Crippen LogP contribution is 2.28. The highest BCUT2D eigenvalue weighted by atomic mass is 35.5. The Morgan fingerprint density at radius 2 is 1.55 bits per heavy atom. The maximum Gasteiger partial charge on any atom is 0.276 e. The molecule has 4 nitrogen and oxygen atoms in total. The molecule has 0 saturated heterocycles. The van der Waals surface area contributed by atoms with Crippen LogP contribution in [0.4, 0.5) is 5.69 Å². The zero-order chi connectivity index (χ0) is 21.2. The number of nitrogens with one attached hydrogen (secondary N) is 1. The van der Waals surface area contributed by atoms with Crippen molar-refractivity contribution in [3.05, 3.63) is 114 Å². The van der Waals surface area contributed by atoms with E-state index in [0.29, 0.717) is 16.4 Å². The molecule has 0 aliphatic carbocycles. The molecular weight excluding hydrogens is 406 g/mol. The Hall–Kier alpha value is -3.89. The van der Waals surface area contributed by atoms with Gasteiger partial charge in [-0.05, 0) is 53.2 Å². The molecule has 0 spiro atoms. The average molecular weight is 424 g/mol. The molecule has 0 unspecified atom stereocenters. The van der Waals surface area contributed by atoms with E-state index >= 15 is 0 Å². The number of carbonyl (C=O) groups excluding carboxylic acids is 1. The first-order chi connectivity index (χ1) is 15.2. The molecule has 5 rings (SSSR count). The lowest BCUT2D eigenvalue weighted by Crippen LogP contribution is -2.13. The average Bonchev–Trinajstić information content (AvgIpc) is 3.25. The summed E-state index contributed by atoms with van der Waals surface area (Å²) in [6, 6.07) is 33.1. The third-order valence-corrected chi connectivity index (χ3v) is 5.31. The second-order valence-electron chi connectivity index (χ2n) is 7.19. The van der Waals surface area contributed by atoms with Gasteiger partial charge in [-0.1, -0.05) is 72.3 Å². The topological polar surface area (TPSA) is 46.9 Å². The molecule has 4 aromatic carbocycles. The molecular formula is C26H18ClN3O. The van der Waals surface area contributed by atoms with Gasteiger partial charge >= 0.3 is 0 Å². The van der Waals surface area contributed by atoms with E-state index in [9.17, 15) is 4.79 Å². The molecule has 5 aromatic rings. The third kappa shape index (κ3) is 3.93. The van der Waals surface area contributed by atoms with E-state index in [4.69, 9.17) is 11.6 Å². The van der Waals surface area contributed by atoms with Crippen LogP contribution in [0.2, 0.25) is 5.02 Å². The lowest BCUT2D eigenvalue weighted by atomic mass is 10.0. The van der Waals surface area contributed by atoms with Crippen molar-refractivity contribution in [1.29, 1.82) is 0 Å². The molecule has 1 aromatic heterocycles. The molecule has 0 aliphatic heterocycles. The van der Waals surface area contributed by atoms with Crippen LogP contribution in [0.3, 0.4) is 0 Å². The number of nitrogens with zero attached hydrogens (tertiary/aromatic N) is 2. The van der Waals surface area contributed by atoms with Gasteiger partial charge in [0.25, 0.3) is 5.91 Å². The van der Waals surface area contributed by atoms with Crippen LogP contribution in [0.1, 0.15) is 10.5 Å². The number of hydrogen-bond acceptors (Lipinski definition) is 2. The Morgan fingerprint density at radius 1 is 0.774 bits per heavy atom. The fraction of sp³-hybridized carbons (Fsp3) is 0. The van der Waals surface area contributed by atoms with Crippen LogP contribution in [-0.2, 0) is 0 Å². The minimum atomic E-state index is -0.293. The maximum atomic E-state index is 12.9. The van der Waals surface area contributed by atoms with Crippen LogP contribution in [0.15, 0.2) is 103 Å². The van der Waals surface area contributed by atoms with E-state index in [-0.39, 0.29) is 5.91 Å². The van der Waals surface area contributed by atoms with Crippen molar-refractivity contribution < 1.29 is 4.79 Å². The SMILES string of the molecule is O=C(Nc1cccc(Cl)c1)c1cc(-c2ccc3ccccc3c2)n(-c2ccccc2)n1. The quantitative estimate of drug-likeness (QED) is 0.354. The van der Waals surface area contributed by atoms with E-state index < -0.39 is 0 Å². The number of rotatable bonds is 4. The van der Waals surface area contributed by atoms with Crippen molar-refractivity contribution in [1.82, 2.24) is 9.78 Å². The van der Waals surface area contributed by atoms with Gasteiger partial charge in [-0.15, -0.1) is 0 Å². The Morgan fingerprint density at radius 3 is 2.35 bits per heavy atom. The summed E-state index contributed by atoms with van der Waals surface area (Å²) in [5, 5.41) is 10.4. The number of anilines is 1. The van der Waals surface area contributed by atoms with Crippen molar-refractivity contribution >= 4 is 34.0 Å². The number of benzene rings is 4. The first-order valence-corrected chi connectivity index (χ1v) is 10.3.